The van der Waals surface area contributed by atoms with Crippen molar-refractivity contribution in [1.29, 1.82) is 0 Å². The van der Waals surface area contributed by atoms with E-state index in [0.29, 0.717) is 13.0 Å². The molecule has 1 aliphatic rings. The van der Waals surface area contributed by atoms with Crippen LogP contribution in [0.15, 0.2) is 59.9 Å². The first kappa shape index (κ1) is 22.6. The van der Waals surface area contributed by atoms with E-state index >= 15 is 0 Å². The number of benzene rings is 1. The van der Waals surface area contributed by atoms with Gasteiger partial charge < -0.3 is 14.7 Å². The van der Waals surface area contributed by atoms with Crippen LogP contribution in [0.25, 0.3) is 0 Å². The van der Waals surface area contributed by atoms with E-state index in [4.69, 9.17) is 4.74 Å². The monoisotopic (exact) mass is 469 g/mol. The van der Waals surface area contributed by atoms with Gasteiger partial charge >= 0.3 is 0 Å². The number of aliphatic hydroxyl groups is 1. The average molecular weight is 470 g/mol. The summed E-state index contributed by atoms with van der Waals surface area (Å²) >= 11 is 0. The summed E-state index contributed by atoms with van der Waals surface area (Å²) in [6.07, 6.45) is 4.32. The van der Waals surface area contributed by atoms with Crippen LogP contribution in [0, 0.1) is 6.92 Å². The zero-order valence-corrected chi connectivity index (χ0v) is 18.7. The molecule has 3 heterocycles. The van der Waals surface area contributed by atoms with Gasteiger partial charge in [0.05, 0.1) is 17.2 Å². The van der Waals surface area contributed by atoms with Crippen LogP contribution in [-0.4, -0.2) is 58.5 Å². The number of aliphatic hydroxyl groups excluding tert-OH is 1. The molecular formula is C22H23N5O5S. The largest absolute Gasteiger partial charge is 0.470 e. The zero-order chi connectivity index (χ0) is 23.4. The van der Waals surface area contributed by atoms with Crippen molar-refractivity contribution in [2.45, 2.75) is 31.0 Å². The molecule has 1 unspecified atom stereocenters. The Morgan fingerprint density at radius 3 is 2.70 bits per heavy atom. The number of nitrogens with zero attached hydrogens (tertiary/aromatic N) is 4. The fourth-order valence-corrected chi connectivity index (χ4v) is 4.28. The van der Waals surface area contributed by atoms with E-state index in [1.165, 1.54) is 23.2 Å². The van der Waals surface area contributed by atoms with E-state index in [1.807, 2.05) is 6.92 Å². The number of anilines is 1. The van der Waals surface area contributed by atoms with Gasteiger partial charge in [0, 0.05) is 31.0 Å². The Morgan fingerprint density at radius 1 is 1.24 bits per heavy atom. The maximum absolute atomic E-state index is 12.9. The Morgan fingerprint density at radius 2 is 2.03 bits per heavy atom. The van der Waals surface area contributed by atoms with Gasteiger partial charge in [0.1, 0.15) is 6.61 Å². The highest BCUT2D eigenvalue weighted by molar-refractivity contribution is 7.92. The van der Waals surface area contributed by atoms with E-state index in [-0.39, 0.29) is 35.4 Å². The second-order valence-electron chi connectivity index (χ2n) is 7.67. The Balaban J connectivity index is 1.63. The highest BCUT2D eigenvalue weighted by Gasteiger charge is 2.28. The Labute approximate surface area is 191 Å². The van der Waals surface area contributed by atoms with Crippen LogP contribution < -0.4 is 9.46 Å². The predicted octanol–water partition coefficient (Wildman–Crippen LogP) is 1.77. The van der Waals surface area contributed by atoms with Gasteiger partial charge in [0.2, 0.25) is 5.82 Å². The summed E-state index contributed by atoms with van der Waals surface area (Å²) in [5.41, 5.74) is 1.64. The first-order valence-electron chi connectivity index (χ1n) is 10.3. The van der Waals surface area contributed by atoms with E-state index in [9.17, 15) is 18.3 Å². The maximum atomic E-state index is 12.9. The number of carbonyl (C=O) groups excluding carboxylic acids is 1. The summed E-state index contributed by atoms with van der Waals surface area (Å²) in [5.74, 6) is -0.698. The molecule has 2 aromatic heterocycles. The van der Waals surface area contributed by atoms with Crippen LogP contribution in [0.3, 0.4) is 0 Å². The summed E-state index contributed by atoms with van der Waals surface area (Å²) in [6.45, 7) is 2.50. The molecular weight excluding hydrogens is 446 g/mol. The summed E-state index contributed by atoms with van der Waals surface area (Å²) in [6, 6.07) is 9.87. The van der Waals surface area contributed by atoms with Crippen LogP contribution >= 0.6 is 0 Å². The lowest BCUT2D eigenvalue weighted by Gasteiger charge is -2.17. The summed E-state index contributed by atoms with van der Waals surface area (Å²) < 4.78 is 33.8. The lowest BCUT2D eigenvalue weighted by molar-refractivity contribution is 0.0757. The van der Waals surface area contributed by atoms with Gasteiger partial charge in [-0.15, -0.1) is 0 Å². The number of pyridine rings is 1. The number of hydrogen-bond donors (Lipinski definition) is 2. The standard InChI is InChI=1S/C22H23N5O5S/c1-15-4-6-18(7-5-15)33(30,31)26-20-21(32-14-16-3-2-9-23-11-16)25-19(12-24-20)22(29)27-10-8-17(28)13-27/h2-7,9,11-12,17,28H,8,10,13-14H2,1H3,(H,24,26). The van der Waals surface area contributed by atoms with Gasteiger partial charge in [-0.2, -0.15) is 0 Å². The van der Waals surface area contributed by atoms with Crippen LogP contribution in [0.1, 0.15) is 28.0 Å². The van der Waals surface area contributed by atoms with Crippen LogP contribution in [0.4, 0.5) is 5.82 Å². The Hall–Kier alpha value is -3.57. The number of likely N-dealkylation sites (tertiary alicyclic amines) is 1. The number of sulfonamides is 1. The highest BCUT2D eigenvalue weighted by Crippen LogP contribution is 2.25. The molecule has 1 saturated heterocycles. The second kappa shape index (κ2) is 9.51. The van der Waals surface area contributed by atoms with Crippen LogP contribution in [0.2, 0.25) is 0 Å². The third kappa shape index (κ3) is 5.44. The fourth-order valence-electron chi connectivity index (χ4n) is 3.27. The van der Waals surface area contributed by atoms with E-state index < -0.39 is 22.0 Å². The van der Waals surface area contributed by atoms with Gasteiger partial charge in [-0.1, -0.05) is 23.8 Å². The smallest absolute Gasteiger partial charge is 0.274 e. The molecule has 1 aromatic carbocycles. The predicted molar refractivity (Wildman–Crippen MR) is 119 cm³/mol. The molecule has 172 valence electrons. The molecule has 0 aliphatic carbocycles. The molecule has 4 rings (SSSR count). The van der Waals surface area contributed by atoms with E-state index in [0.717, 1.165) is 11.1 Å². The number of carbonyl (C=O) groups is 1. The van der Waals surface area contributed by atoms with Crippen molar-refractivity contribution in [1.82, 2.24) is 19.9 Å². The molecule has 1 atom stereocenters. The molecule has 11 heteroatoms. The van der Waals surface area contributed by atoms with Crippen molar-refractivity contribution >= 4 is 21.7 Å². The van der Waals surface area contributed by atoms with Crippen molar-refractivity contribution < 1.29 is 23.1 Å². The van der Waals surface area contributed by atoms with Crippen molar-refractivity contribution in [3.05, 3.63) is 71.8 Å². The molecule has 0 radical (unpaired) electrons. The number of aromatic nitrogens is 3. The number of ether oxygens (including phenoxy) is 1. The number of hydrogen-bond acceptors (Lipinski definition) is 8. The SMILES string of the molecule is Cc1ccc(S(=O)(=O)Nc2ncc(C(=O)N3CCC(O)C3)nc2OCc2cccnc2)cc1. The molecule has 0 spiro atoms. The number of nitrogens with one attached hydrogen (secondary N) is 1. The van der Waals surface area contributed by atoms with Gasteiger partial charge in [-0.3, -0.25) is 14.5 Å². The van der Waals surface area contributed by atoms with Crippen molar-refractivity contribution in [3.63, 3.8) is 0 Å². The topological polar surface area (TPSA) is 135 Å². The lowest BCUT2D eigenvalue weighted by atomic mass is 10.2. The quantitative estimate of drug-likeness (QED) is 0.535. The molecule has 33 heavy (non-hydrogen) atoms. The van der Waals surface area contributed by atoms with Crippen LogP contribution in [-0.2, 0) is 16.6 Å². The molecule has 3 aromatic rings. The molecule has 1 aliphatic heterocycles. The molecule has 10 nitrogen and oxygen atoms in total. The van der Waals surface area contributed by atoms with Gasteiger partial charge in [-0.25, -0.2) is 18.4 Å². The summed E-state index contributed by atoms with van der Waals surface area (Å²) in [7, 11) is -3.96. The van der Waals surface area contributed by atoms with Crippen molar-refractivity contribution in [3.8, 4) is 5.88 Å². The van der Waals surface area contributed by atoms with E-state index in [2.05, 4.69) is 19.7 Å². The molecule has 1 fully saturated rings. The number of amides is 1. The minimum Gasteiger partial charge on any atom is -0.470 e. The average Bonchev–Trinajstić information content (AvgIpc) is 3.25. The fraction of sp³-hybridized carbons (Fsp3) is 0.273. The highest BCUT2D eigenvalue weighted by atomic mass is 32.2. The van der Waals surface area contributed by atoms with Crippen molar-refractivity contribution in [2.24, 2.45) is 0 Å². The third-order valence-electron chi connectivity index (χ3n) is 5.07. The number of aryl methyl sites for hydroxylation is 1. The normalized spacial score (nSPS) is 15.9. The molecule has 0 bridgehead atoms. The Kier molecular flexibility index (Phi) is 6.52. The number of β-amino-alcohol motifs (C(OH)–C–C–N with tert-alkyl or cyclic N) is 1. The minimum absolute atomic E-state index is 0.0106. The molecule has 2 N–H and O–H groups in total. The number of rotatable bonds is 7. The maximum Gasteiger partial charge on any atom is 0.274 e. The third-order valence-corrected chi connectivity index (χ3v) is 6.43. The van der Waals surface area contributed by atoms with Gasteiger partial charge in [0.25, 0.3) is 21.8 Å². The summed E-state index contributed by atoms with van der Waals surface area (Å²) in [4.78, 5) is 26.7. The molecule has 0 saturated carbocycles. The second-order valence-corrected chi connectivity index (χ2v) is 9.35. The first-order chi connectivity index (χ1) is 15.8. The zero-order valence-electron chi connectivity index (χ0n) is 17.9. The first-order valence-corrected chi connectivity index (χ1v) is 11.8. The van der Waals surface area contributed by atoms with Crippen LogP contribution in [0.5, 0.6) is 5.88 Å². The Bertz CT molecular complexity index is 1240. The minimum atomic E-state index is -3.96. The van der Waals surface area contributed by atoms with Gasteiger partial charge in [0.15, 0.2) is 5.69 Å². The van der Waals surface area contributed by atoms with Crippen molar-refractivity contribution in [2.75, 3.05) is 17.8 Å². The lowest BCUT2D eigenvalue weighted by Crippen LogP contribution is -2.30. The van der Waals surface area contributed by atoms with Gasteiger partial charge in [-0.05, 0) is 31.5 Å². The summed E-state index contributed by atoms with van der Waals surface area (Å²) in [5, 5.41) is 9.72. The van der Waals surface area contributed by atoms with E-state index in [1.54, 1.807) is 36.7 Å². The molecule has 1 amide bonds.